The van der Waals surface area contributed by atoms with Crippen LogP contribution in [0.5, 0.6) is 0 Å². The van der Waals surface area contributed by atoms with Gasteiger partial charge in [-0.15, -0.1) is 24.0 Å². The molecule has 1 aromatic carbocycles. The number of guanidine groups is 1. The van der Waals surface area contributed by atoms with E-state index in [2.05, 4.69) is 20.1 Å². The minimum Gasteiger partial charge on any atom is -0.356 e. The Bertz CT molecular complexity index is 688. The molecule has 2 heterocycles. The normalized spacial score (nSPS) is 18.1. The maximum atomic E-state index is 13.2. The van der Waals surface area contributed by atoms with Gasteiger partial charge in [0.1, 0.15) is 5.82 Å². The number of likely N-dealkylation sites (tertiary alicyclic amines) is 1. The number of halogens is 2. The molecule has 8 heteroatoms. The Hall–Kier alpha value is -1.42. The molecule has 6 nitrogen and oxygen atoms in total. The molecule has 1 aromatic rings. The number of piperidine rings is 1. The predicted octanol–water partition coefficient (Wildman–Crippen LogP) is 2.58. The molecule has 1 N–H and O–H groups in total. The fraction of sp³-hybridized carbons (Fsp3) is 0.636. The third-order valence-electron chi connectivity index (χ3n) is 5.77. The minimum atomic E-state index is -0.178. The van der Waals surface area contributed by atoms with E-state index in [9.17, 15) is 9.18 Å². The average molecular weight is 531 g/mol. The van der Waals surface area contributed by atoms with Crippen LogP contribution in [0.2, 0.25) is 0 Å². The number of nitrogens with one attached hydrogen (secondary N) is 1. The highest BCUT2D eigenvalue weighted by molar-refractivity contribution is 14.0. The van der Waals surface area contributed by atoms with Crippen molar-refractivity contribution < 1.29 is 9.18 Å². The summed E-state index contributed by atoms with van der Waals surface area (Å²) in [6, 6.07) is 6.79. The quantitative estimate of drug-likeness (QED) is 0.266. The molecule has 0 atom stereocenters. The molecule has 2 aliphatic heterocycles. The highest BCUT2D eigenvalue weighted by Crippen LogP contribution is 2.10. The topological polar surface area (TPSA) is 51.2 Å². The lowest BCUT2D eigenvalue weighted by Gasteiger charge is -2.37. The molecule has 0 aliphatic carbocycles. The average Bonchev–Trinajstić information content (AvgIpc) is 2.75. The number of carbonyl (C=O) groups excluding carboxylic acids is 1. The number of nitrogens with zero attached hydrogens (tertiary/aromatic N) is 4. The lowest BCUT2D eigenvalue weighted by molar-refractivity contribution is -0.133. The molecular weight excluding hydrogens is 496 g/mol. The fourth-order valence-electron chi connectivity index (χ4n) is 4.07. The zero-order valence-corrected chi connectivity index (χ0v) is 20.3. The van der Waals surface area contributed by atoms with Crippen LogP contribution in [0.15, 0.2) is 29.3 Å². The van der Waals surface area contributed by atoms with Gasteiger partial charge in [-0.1, -0.05) is 12.1 Å². The van der Waals surface area contributed by atoms with E-state index in [1.165, 1.54) is 12.5 Å². The van der Waals surface area contributed by atoms with Gasteiger partial charge in [-0.05, 0) is 49.8 Å². The number of amides is 1. The van der Waals surface area contributed by atoms with E-state index in [-0.39, 0.29) is 35.7 Å². The highest BCUT2D eigenvalue weighted by Gasteiger charge is 2.23. The number of hydrogen-bond donors (Lipinski definition) is 1. The minimum absolute atomic E-state index is 0. The molecule has 1 amide bonds. The highest BCUT2D eigenvalue weighted by atomic mass is 127. The van der Waals surface area contributed by atoms with Gasteiger partial charge in [0.05, 0.1) is 6.54 Å². The molecule has 2 saturated heterocycles. The summed E-state index contributed by atoms with van der Waals surface area (Å²) >= 11 is 0. The van der Waals surface area contributed by atoms with E-state index >= 15 is 0 Å². The maximum Gasteiger partial charge on any atom is 0.236 e. The number of carbonyl (C=O) groups is 1. The van der Waals surface area contributed by atoms with Crippen LogP contribution in [-0.4, -0.2) is 86.0 Å². The van der Waals surface area contributed by atoms with Crippen molar-refractivity contribution in [2.75, 3.05) is 59.4 Å². The second-order valence-electron chi connectivity index (χ2n) is 7.91. The molecule has 0 unspecified atom stereocenters. The van der Waals surface area contributed by atoms with E-state index in [4.69, 9.17) is 0 Å². The summed E-state index contributed by atoms with van der Waals surface area (Å²) in [4.78, 5) is 23.4. The Balaban J connectivity index is 0.00000320. The van der Waals surface area contributed by atoms with Crippen LogP contribution in [0.3, 0.4) is 0 Å². The summed E-state index contributed by atoms with van der Waals surface area (Å²) in [6.07, 6.45) is 5.29. The first-order valence-electron chi connectivity index (χ1n) is 10.9. The molecular formula is C22H35FIN5O. The fourth-order valence-corrected chi connectivity index (χ4v) is 4.07. The second kappa shape index (κ2) is 13.1. The van der Waals surface area contributed by atoms with Gasteiger partial charge in [0, 0.05) is 52.9 Å². The third-order valence-corrected chi connectivity index (χ3v) is 5.77. The predicted molar refractivity (Wildman–Crippen MR) is 130 cm³/mol. The van der Waals surface area contributed by atoms with Gasteiger partial charge in [-0.3, -0.25) is 14.7 Å². The van der Waals surface area contributed by atoms with Crippen LogP contribution in [-0.2, 0) is 11.2 Å². The summed E-state index contributed by atoms with van der Waals surface area (Å²) in [5.74, 6) is 1.01. The SMILES string of the molecule is CN=C(NCCCc1cccc(F)c1)N1CCN(CC(=O)N2CCCCC2)CC1.I. The van der Waals surface area contributed by atoms with Gasteiger partial charge in [-0.25, -0.2) is 4.39 Å². The molecule has 0 radical (unpaired) electrons. The lowest BCUT2D eigenvalue weighted by atomic mass is 10.1. The lowest BCUT2D eigenvalue weighted by Crippen LogP contribution is -2.54. The summed E-state index contributed by atoms with van der Waals surface area (Å²) in [5, 5.41) is 3.42. The Morgan fingerprint density at radius 3 is 2.47 bits per heavy atom. The monoisotopic (exact) mass is 531 g/mol. The largest absolute Gasteiger partial charge is 0.356 e. The van der Waals surface area contributed by atoms with Crippen molar-refractivity contribution in [3.05, 3.63) is 35.6 Å². The number of piperazine rings is 1. The zero-order valence-electron chi connectivity index (χ0n) is 18.0. The number of aryl methyl sites for hydroxylation is 1. The maximum absolute atomic E-state index is 13.2. The first kappa shape index (κ1) is 24.8. The van der Waals surface area contributed by atoms with Crippen LogP contribution < -0.4 is 5.32 Å². The van der Waals surface area contributed by atoms with Crippen molar-refractivity contribution >= 4 is 35.8 Å². The summed E-state index contributed by atoms with van der Waals surface area (Å²) < 4.78 is 13.2. The van der Waals surface area contributed by atoms with Crippen LogP contribution in [0.4, 0.5) is 4.39 Å². The molecule has 3 rings (SSSR count). The van der Waals surface area contributed by atoms with Gasteiger partial charge < -0.3 is 15.1 Å². The van der Waals surface area contributed by atoms with E-state index in [0.717, 1.165) is 83.0 Å². The third kappa shape index (κ3) is 7.68. The van der Waals surface area contributed by atoms with Crippen LogP contribution in [0.1, 0.15) is 31.2 Å². The van der Waals surface area contributed by atoms with Crippen molar-refractivity contribution in [2.45, 2.75) is 32.1 Å². The van der Waals surface area contributed by atoms with Crippen molar-refractivity contribution in [3.8, 4) is 0 Å². The Morgan fingerprint density at radius 2 is 1.80 bits per heavy atom. The van der Waals surface area contributed by atoms with Crippen LogP contribution in [0.25, 0.3) is 0 Å². The molecule has 2 aliphatic rings. The molecule has 168 valence electrons. The standard InChI is InChI=1S/C22H34FN5O.HI/c1-24-22(25-10-6-8-19-7-5-9-20(23)17-19)28-15-13-26(14-16-28)18-21(29)27-11-3-2-4-12-27;/h5,7,9,17H,2-4,6,8,10-16,18H2,1H3,(H,24,25);1H. The first-order valence-corrected chi connectivity index (χ1v) is 10.9. The van der Waals surface area contributed by atoms with Crippen molar-refractivity contribution in [1.29, 1.82) is 0 Å². The number of aliphatic imine (C=N–C) groups is 1. The Kier molecular flexibility index (Phi) is 10.8. The molecule has 0 spiro atoms. The van der Waals surface area contributed by atoms with Gasteiger partial charge in [0.15, 0.2) is 5.96 Å². The van der Waals surface area contributed by atoms with E-state index in [1.54, 1.807) is 19.2 Å². The zero-order chi connectivity index (χ0) is 20.5. The number of benzene rings is 1. The van der Waals surface area contributed by atoms with E-state index in [0.29, 0.717) is 6.54 Å². The van der Waals surface area contributed by atoms with Crippen molar-refractivity contribution in [3.63, 3.8) is 0 Å². The van der Waals surface area contributed by atoms with Crippen LogP contribution >= 0.6 is 24.0 Å². The summed E-state index contributed by atoms with van der Waals surface area (Å²) in [6.45, 7) is 6.68. The molecule has 0 saturated carbocycles. The van der Waals surface area contributed by atoms with Crippen molar-refractivity contribution in [1.82, 2.24) is 20.0 Å². The van der Waals surface area contributed by atoms with Crippen molar-refractivity contribution in [2.24, 2.45) is 4.99 Å². The number of hydrogen-bond acceptors (Lipinski definition) is 3. The number of rotatable bonds is 6. The first-order chi connectivity index (χ1) is 14.2. The van der Waals surface area contributed by atoms with Crippen LogP contribution in [0, 0.1) is 5.82 Å². The Labute approximate surface area is 196 Å². The Morgan fingerprint density at radius 1 is 1.07 bits per heavy atom. The summed E-state index contributed by atoms with van der Waals surface area (Å²) in [7, 11) is 1.81. The molecule has 30 heavy (non-hydrogen) atoms. The van der Waals surface area contributed by atoms with Gasteiger partial charge in [0.2, 0.25) is 5.91 Å². The smallest absolute Gasteiger partial charge is 0.236 e. The molecule has 2 fully saturated rings. The van der Waals surface area contributed by atoms with E-state index in [1.807, 2.05) is 11.0 Å². The second-order valence-corrected chi connectivity index (χ2v) is 7.91. The molecule has 0 bridgehead atoms. The van der Waals surface area contributed by atoms with Gasteiger partial charge >= 0.3 is 0 Å². The van der Waals surface area contributed by atoms with E-state index < -0.39 is 0 Å². The van der Waals surface area contributed by atoms with Gasteiger partial charge in [0.25, 0.3) is 0 Å². The van der Waals surface area contributed by atoms with Gasteiger partial charge in [-0.2, -0.15) is 0 Å². The molecule has 0 aromatic heterocycles. The summed E-state index contributed by atoms with van der Waals surface area (Å²) in [5.41, 5.74) is 1.02.